The predicted octanol–water partition coefficient (Wildman–Crippen LogP) is 3.41. The van der Waals surface area contributed by atoms with Crippen molar-refractivity contribution in [2.24, 2.45) is 0 Å². The quantitative estimate of drug-likeness (QED) is 0.347. The Morgan fingerprint density at radius 1 is 1.09 bits per heavy atom. The lowest BCUT2D eigenvalue weighted by atomic mass is 10.2. The van der Waals surface area contributed by atoms with Crippen molar-refractivity contribution in [3.8, 4) is 5.75 Å². The lowest BCUT2D eigenvalue weighted by Crippen LogP contribution is -2.20. The van der Waals surface area contributed by atoms with Gasteiger partial charge in [0.1, 0.15) is 28.7 Å². The van der Waals surface area contributed by atoms with Crippen LogP contribution in [-0.4, -0.2) is 29.4 Å². The number of hydrogen-bond donors (Lipinski definition) is 3. The summed E-state index contributed by atoms with van der Waals surface area (Å²) in [6.07, 6.45) is 0.976. The number of halogens is 1. The number of carbonyl (C=O) groups excluding carboxylic acids is 1. The number of hydrogen-bond acceptors (Lipinski definition) is 10. The molecule has 2 aromatic heterocycles. The second kappa shape index (κ2) is 8.68. The van der Waals surface area contributed by atoms with Gasteiger partial charge in [-0.05, 0) is 49.4 Å². The number of fused-ring (bicyclic) bond motifs is 1. The Bertz CT molecular complexity index is 1540. The van der Waals surface area contributed by atoms with Crippen LogP contribution in [0.2, 0.25) is 0 Å². The van der Waals surface area contributed by atoms with Crippen molar-refractivity contribution in [1.82, 2.24) is 19.8 Å². The first-order valence-corrected chi connectivity index (χ1v) is 11.7. The minimum Gasteiger partial charge on any atom is -0.487 e. The third-order valence-corrected chi connectivity index (χ3v) is 6.29. The van der Waals surface area contributed by atoms with Crippen LogP contribution in [0.1, 0.15) is 21.8 Å². The van der Waals surface area contributed by atoms with Crippen LogP contribution in [-0.2, 0) is 16.6 Å². The number of rotatable bonds is 7. The van der Waals surface area contributed by atoms with E-state index in [4.69, 9.17) is 9.26 Å². The minimum absolute atomic E-state index is 0.0198. The van der Waals surface area contributed by atoms with Gasteiger partial charge in [0.2, 0.25) is 5.95 Å². The molecule has 3 heterocycles. The number of benzene rings is 2. The third kappa shape index (κ3) is 4.75. The Labute approximate surface area is 198 Å². The molecule has 0 aliphatic carbocycles. The highest BCUT2D eigenvalue weighted by Gasteiger charge is 2.32. The monoisotopic (exact) mass is 496 g/mol. The maximum absolute atomic E-state index is 14.3. The van der Waals surface area contributed by atoms with Crippen LogP contribution in [0.15, 0.2) is 64.1 Å². The summed E-state index contributed by atoms with van der Waals surface area (Å²) in [7, 11) is -3.92. The topological polar surface area (TPSA) is 148 Å². The summed E-state index contributed by atoms with van der Waals surface area (Å²) in [6, 6.07) is 12.7. The molecule has 0 spiro atoms. The second-order valence-electron chi connectivity index (χ2n) is 7.53. The van der Waals surface area contributed by atoms with Crippen LogP contribution in [0.4, 0.5) is 27.5 Å². The lowest BCUT2D eigenvalue weighted by molar-refractivity contribution is 0.0985. The number of anilines is 4. The Balaban J connectivity index is 1.28. The van der Waals surface area contributed by atoms with Crippen LogP contribution < -0.4 is 20.1 Å². The molecule has 35 heavy (non-hydrogen) atoms. The van der Waals surface area contributed by atoms with Crippen LogP contribution in [0.25, 0.3) is 0 Å². The Kier molecular flexibility index (Phi) is 5.53. The van der Waals surface area contributed by atoms with E-state index in [9.17, 15) is 17.6 Å². The van der Waals surface area contributed by atoms with E-state index in [0.29, 0.717) is 28.6 Å². The van der Waals surface area contributed by atoms with E-state index in [1.165, 1.54) is 18.2 Å². The van der Waals surface area contributed by atoms with E-state index >= 15 is 0 Å². The molecule has 1 aliphatic rings. The molecule has 0 fully saturated rings. The summed E-state index contributed by atoms with van der Waals surface area (Å²) in [5.41, 5.74) is 1.56. The molecule has 3 N–H and O–H groups in total. The molecule has 0 radical (unpaired) electrons. The van der Waals surface area contributed by atoms with Crippen molar-refractivity contribution >= 4 is 39.1 Å². The second-order valence-corrected chi connectivity index (χ2v) is 9.18. The van der Waals surface area contributed by atoms with E-state index in [2.05, 4.69) is 25.8 Å². The van der Waals surface area contributed by atoms with Crippen molar-refractivity contribution in [3.63, 3.8) is 0 Å². The summed E-state index contributed by atoms with van der Waals surface area (Å²) in [6.45, 7) is 2.04. The molecule has 5 rings (SSSR count). The van der Waals surface area contributed by atoms with E-state index in [1.807, 2.05) is 4.72 Å². The molecule has 178 valence electrons. The van der Waals surface area contributed by atoms with Gasteiger partial charge in [-0.2, -0.15) is 4.98 Å². The number of aryl methyl sites for hydroxylation is 1. The molecule has 0 bridgehead atoms. The number of amides is 1. The van der Waals surface area contributed by atoms with Crippen molar-refractivity contribution in [2.45, 2.75) is 18.4 Å². The number of carbonyl (C=O) groups is 1. The van der Waals surface area contributed by atoms with Gasteiger partial charge in [0.15, 0.2) is 11.6 Å². The van der Waals surface area contributed by atoms with Gasteiger partial charge in [-0.25, -0.2) is 22.5 Å². The van der Waals surface area contributed by atoms with E-state index in [-0.39, 0.29) is 28.8 Å². The number of nitrogens with zero attached hydrogens (tertiary/aromatic N) is 3. The largest absolute Gasteiger partial charge is 0.487 e. The molecule has 2 aromatic carbocycles. The Morgan fingerprint density at radius 2 is 1.86 bits per heavy atom. The number of sulfonamides is 1. The van der Waals surface area contributed by atoms with Gasteiger partial charge in [0, 0.05) is 17.4 Å². The highest BCUT2D eigenvalue weighted by molar-refractivity contribution is 7.90. The summed E-state index contributed by atoms with van der Waals surface area (Å²) in [4.78, 5) is 19.6. The first kappa shape index (κ1) is 22.3. The highest BCUT2D eigenvalue weighted by Crippen LogP contribution is 2.28. The van der Waals surface area contributed by atoms with E-state index in [1.54, 1.807) is 37.3 Å². The van der Waals surface area contributed by atoms with Gasteiger partial charge in [0.05, 0.1) is 11.8 Å². The van der Waals surface area contributed by atoms with Gasteiger partial charge in [0.25, 0.3) is 15.9 Å². The summed E-state index contributed by atoms with van der Waals surface area (Å²) < 4.78 is 51.0. The zero-order valence-electron chi connectivity index (χ0n) is 18.1. The third-order valence-electron chi connectivity index (χ3n) is 4.92. The fourth-order valence-electron chi connectivity index (χ4n) is 3.30. The van der Waals surface area contributed by atoms with Crippen LogP contribution in [0.5, 0.6) is 5.75 Å². The molecule has 0 unspecified atom stereocenters. The maximum Gasteiger partial charge on any atom is 0.266 e. The smallest absolute Gasteiger partial charge is 0.266 e. The van der Waals surface area contributed by atoms with Gasteiger partial charge in [-0.3, -0.25) is 4.79 Å². The fraction of sp³-hybridized carbons (Fsp3) is 0.0909. The Hall–Kier alpha value is -4.52. The zero-order valence-corrected chi connectivity index (χ0v) is 18.9. The summed E-state index contributed by atoms with van der Waals surface area (Å²) in [5, 5.41) is 9.54. The highest BCUT2D eigenvalue weighted by atomic mass is 32.2. The normalized spacial score (nSPS) is 13.7. The molecule has 0 atom stereocenters. The molecular weight excluding hydrogens is 479 g/mol. The van der Waals surface area contributed by atoms with Crippen molar-refractivity contribution in [3.05, 3.63) is 77.6 Å². The molecule has 0 saturated heterocycles. The van der Waals surface area contributed by atoms with E-state index in [0.717, 1.165) is 6.20 Å². The van der Waals surface area contributed by atoms with Crippen molar-refractivity contribution in [2.75, 3.05) is 10.6 Å². The maximum atomic E-state index is 14.3. The van der Waals surface area contributed by atoms with Crippen LogP contribution in [0.3, 0.4) is 0 Å². The summed E-state index contributed by atoms with van der Waals surface area (Å²) in [5.74, 6) is -0.186. The molecular formula is C22H17FN6O5S. The average Bonchev–Trinajstić information content (AvgIpc) is 3.34. The molecule has 4 aromatic rings. The molecule has 1 aliphatic heterocycles. The van der Waals surface area contributed by atoms with Crippen LogP contribution in [0, 0.1) is 12.7 Å². The number of ether oxygens (including phenoxy) is 1. The SMILES string of the molecule is Cc1cc(COc2ccc(Nc3nc(Nc4ccc5c(c4)S(=O)(=O)NC5=O)ncc3F)cc2)no1. The minimum atomic E-state index is -3.92. The first-order chi connectivity index (χ1) is 16.8. The molecule has 1 amide bonds. The Morgan fingerprint density at radius 3 is 2.60 bits per heavy atom. The van der Waals surface area contributed by atoms with Crippen molar-refractivity contribution < 1.29 is 26.9 Å². The van der Waals surface area contributed by atoms with Crippen molar-refractivity contribution in [1.29, 1.82) is 0 Å². The number of nitrogens with one attached hydrogen (secondary N) is 3. The van der Waals surface area contributed by atoms with Gasteiger partial charge >= 0.3 is 0 Å². The molecule has 13 heteroatoms. The van der Waals surface area contributed by atoms with Gasteiger partial charge in [-0.15, -0.1) is 0 Å². The predicted molar refractivity (Wildman–Crippen MR) is 122 cm³/mol. The standard InChI is InChI=1S/C22H17FN6O5S/c1-12-8-15(28-34-12)11-33-16-5-2-13(3-6-16)25-20-18(23)10-24-22(27-20)26-14-4-7-17-19(9-14)35(31,32)29-21(17)30/h2-10H,11H2,1H3,(H,29,30)(H2,24,25,26,27). The lowest BCUT2D eigenvalue weighted by Gasteiger charge is -2.11. The first-order valence-electron chi connectivity index (χ1n) is 10.2. The summed E-state index contributed by atoms with van der Waals surface area (Å²) >= 11 is 0. The molecule has 0 saturated carbocycles. The number of aromatic nitrogens is 3. The zero-order chi connectivity index (χ0) is 24.6. The van der Waals surface area contributed by atoms with Gasteiger partial charge < -0.3 is 19.9 Å². The van der Waals surface area contributed by atoms with Gasteiger partial charge in [-0.1, -0.05) is 5.16 Å². The fourth-order valence-corrected chi connectivity index (χ4v) is 4.50. The molecule has 11 nitrogen and oxygen atoms in total. The van der Waals surface area contributed by atoms with Crippen LogP contribution >= 0.6 is 0 Å². The van der Waals surface area contributed by atoms with E-state index < -0.39 is 21.7 Å². The average molecular weight is 496 g/mol.